The van der Waals surface area contributed by atoms with E-state index in [0.29, 0.717) is 35.2 Å². The highest BCUT2D eigenvalue weighted by Crippen LogP contribution is 2.29. The summed E-state index contributed by atoms with van der Waals surface area (Å²) in [7, 11) is 3.13. The molecule has 0 atom stereocenters. The molecule has 2 N–H and O–H groups in total. The van der Waals surface area contributed by atoms with Crippen LogP contribution in [-0.2, 0) is 4.79 Å². The third kappa shape index (κ3) is 5.03. The zero-order valence-corrected chi connectivity index (χ0v) is 15.7. The van der Waals surface area contributed by atoms with Crippen LogP contribution in [0.1, 0.15) is 17.5 Å². The van der Waals surface area contributed by atoms with Crippen molar-refractivity contribution in [2.24, 2.45) is 0 Å². The number of carbonyl (C=O) groups is 1. The Hall–Kier alpha value is -2.40. The van der Waals surface area contributed by atoms with Crippen molar-refractivity contribution in [3.05, 3.63) is 46.5 Å². The van der Waals surface area contributed by atoms with Crippen molar-refractivity contribution in [2.75, 3.05) is 31.4 Å². The largest absolute Gasteiger partial charge is 0.497 e. The highest BCUT2D eigenvalue weighted by Gasteiger charge is 2.10. The normalized spacial score (nSPS) is 10.3. The first-order chi connectivity index (χ1) is 11.9. The summed E-state index contributed by atoms with van der Waals surface area (Å²) in [6.45, 7) is 4.47. The van der Waals surface area contributed by atoms with Crippen LogP contribution < -0.4 is 20.1 Å². The summed E-state index contributed by atoms with van der Waals surface area (Å²) in [5, 5.41) is 6.73. The Morgan fingerprint density at radius 2 is 1.88 bits per heavy atom. The number of aryl methyl sites for hydroxylation is 2. The fraction of sp³-hybridized carbons (Fsp3) is 0.316. The van der Waals surface area contributed by atoms with Crippen molar-refractivity contribution in [1.29, 1.82) is 0 Å². The standard InChI is InChI=1S/C19H23ClN2O3/c1-12-9-13(2)19(15(20)10-12)21-8-7-18(23)22-16-6-5-14(24-3)11-17(16)25-4/h5-6,9-11,21H,7-8H2,1-4H3,(H,22,23). The Morgan fingerprint density at radius 1 is 1.12 bits per heavy atom. The van der Waals surface area contributed by atoms with Crippen molar-refractivity contribution in [1.82, 2.24) is 0 Å². The molecule has 0 aliphatic heterocycles. The topological polar surface area (TPSA) is 59.6 Å². The second-order valence-electron chi connectivity index (χ2n) is 5.73. The van der Waals surface area contributed by atoms with Gasteiger partial charge in [0.05, 0.1) is 30.6 Å². The van der Waals surface area contributed by atoms with Gasteiger partial charge in [-0.25, -0.2) is 0 Å². The minimum Gasteiger partial charge on any atom is -0.497 e. The molecule has 0 radical (unpaired) electrons. The summed E-state index contributed by atoms with van der Waals surface area (Å²) in [5.74, 6) is 1.11. The smallest absolute Gasteiger partial charge is 0.226 e. The first-order valence-electron chi connectivity index (χ1n) is 7.97. The molecule has 0 unspecified atom stereocenters. The molecule has 0 saturated heterocycles. The van der Waals surface area contributed by atoms with Gasteiger partial charge >= 0.3 is 0 Å². The summed E-state index contributed by atoms with van der Waals surface area (Å²) in [4.78, 5) is 12.2. The zero-order chi connectivity index (χ0) is 18.4. The Balaban J connectivity index is 1.94. The van der Waals surface area contributed by atoms with Gasteiger partial charge in [-0.2, -0.15) is 0 Å². The number of amides is 1. The molecule has 0 heterocycles. The van der Waals surface area contributed by atoms with Gasteiger partial charge < -0.3 is 20.1 Å². The SMILES string of the molecule is COc1ccc(NC(=O)CCNc2c(C)cc(C)cc2Cl)c(OC)c1. The third-order valence-electron chi connectivity index (χ3n) is 3.77. The quantitative estimate of drug-likeness (QED) is 0.765. The number of nitrogens with one attached hydrogen (secondary N) is 2. The van der Waals surface area contributed by atoms with Gasteiger partial charge in [0.1, 0.15) is 11.5 Å². The lowest BCUT2D eigenvalue weighted by Crippen LogP contribution is -2.17. The number of rotatable bonds is 7. The lowest BCUT2D eigenvalue weighted by atomic mass is 10.1. The molecule has 0 aliphatic carbocycles. The second kappa shape index (κ2) is 8.62. The molecule has 0 spiro atoms. The van der Waals surface area contributed by atoms with E-state index in [-0.39, 0.29) is 5.91 Å². The van der Waals surface area contributed by atoms with Crippen LogP contribution in [0, 0.1) is 13.8 Å². The predicted octanol–water partition coefficient (Wildman–Crippen LogP) is 4.41. The fourth-order valence-electron chi connectivity index (χ4n) is 2.56. The van der Waals surface area contributed by atoms with E-state index in [1.165, 1.54) is 0 Å². The molecule has 0 aromatic heterocycles. The number of hydrogen-bond acceptors (Lipinski definition) is 4. The van der Waals surface area contributed by atoms with E-state index in [0.717, 1.165) is 16.8 Å². The predicted molar refractivity (Wildman–Crippen MR) is 102 cm³/mol. The number of hydrogen-bond donors (Lipinski definition) is 2. The lowest BCUT2D eigenvalue weighted by Gasteiger charge is -2.14. The van der Waals surface area contributed by atoms with Gasteiger partial charge in [-0.1, -0.05) is 17.7 Å². The van der Waals surface area contributed by atoms with Gasteiger partial charge in [-0.3, -0.25) is 4.79 Å². The van der Waals surface area contributed by atoms with E-state index in [1.54, 1.807) is 32.4 Å². The van der Waals surface area contributed by atoms with Crippen molar-refractivity contribution in [3.63, 3.8) is 0 Å². The van der Waals surface area contributed by atoms with Gasteiger partial charge in [0.25, 0.3) is 0 Å². The molecular formula is C19H23ClN2O3. The van der Waals surface area contributed by atoms with Crippen LogP contribution in [0.2, 0.25) is 5.02 Å². The summed E-state index contributed by atoms with van der Waals surface area (Å²) in [5.41, 5.74) is 3.64. The van der Waals surface area contributed by atoms with E-state index in [4.69, 9.17) is 21.1 Å². The average molecular weight is 363 g/mol. The number of anilines is 2. The highest BCUT2D eigenvalue weighted by molar-refractivity contribution is 6.33. The lowest BCUT2D eigenvalue weighted by molar-refractivity contribution is -0.116. The summed E-state index contributed by atoms with van der Waals surface area (Å²) in [6, 6.07) is 9.20. The van der Waals surface area contributed by atoms with Crippen LogP contribution in [0.4, 0.5) is 11.4 Å². The minimum atomic E-state index is -0.114. The average Bonchev–Trinajstić information content (AvgIpc) is 2.57. The minimum absolute atomic E-state index is 0.114. The first-order valence-corrected chi connectivity index (χ1v) is 8.35. The van der Waals surface area contributed by atoms with Crippen molar-refractivity contribution >= 4 is 28.9 Å². The van der Waals surface area contributed by atoms with Gasteiger partial charge in [0, 0.05) is 19.0 Å². The zero-order valence-electron chi connectivity index (χ0n) is 14.9. The van der Waals surface area contributed by atoms with Crippen LogP contribution in [0.5, 0.6) is 11.5 Å². The van der Waals surface area contributed by atoms with Crippen LogP contribution in [0.15, 0.2) is 30.3 Å². The van der Waals surface area contributed by atoms with Crippen LogP contribution in [0.25, 0.3) is 0 Å². The summed E-state index contributed by atoms with van der Waals surface area (Å²) >= 11 is 6.26. The number of benzene rings is 2. The van der Waals surface area contributed by atoms with Crippen molar-refractivity contribution < 1.29 is 14.3 Å². The molecule has 134 valence electrons. The molecule has 0 bridgehead atoms. The number of methoxy groups -OCH3 is 2. The molecule has 1 amide bonds. The molecule has 5 nitrogen and oxygen atoms in total. The monoisotopic (exact) mass is 362 g/mol. The molecule has 2 rings (SSSR count). The molecule has 2 aromatic carbocycles. The Kier molecular flexibility index (Phi) is 6.53. The van der Waals surface area contributed by atoms with Crippen LogP contribution >= 0.6 is 11.6 Å². The van der Waals surface area contributed by atoms with Gasteiger partial charge in [-0.15, -0.1) is 0 Å². The number of carbonyl (C=O) groups excluding carboxylic acids is 1. The summed E-state index contributed by atoms with van der Waals surface area (Å²) in [6.07, 6.45) is 0.304. The van der Waals surface area contributed by atoms with E-state index >= 15 is 0 Å². The molecule has 25 heavy (non-hydrogen) atoms. The van der Waals surface area contributed by atoms with Crippen LogP contribution in [-0.4, -0.2) is 26.7 Å². The van der Waals surface area contributed by atoms with E-state index < -0.39 is 0 Å². The Morgan fingerprint density at radius 3 is 2.52 bits per heavy atom. The number of ether oxygens (including phenoxy) is 2. The molecular weight excluding hydrogens is 340 g/mol. The molecule has 6 heteroatoms. The number of halogens is 1. The van der Waals surface area contributed by atoms with Crippen LogP contribution in [0.3, 0.4) is 0 Å². The van der Waals surface area contributed by atoms with E-state index in [1.807, 2.05) is 19.9 Å². The van der Waals surface area contributed by atoms with Crippen molar-refractivity contribution in [2.45, 2.75) is 20.3 Å². The molecule has 0 aliphatic rings. The van der Waals surface area contributed by atoms with Crippen molar-refractivity contribution in [3.8, 4) is 11.5 Å². The van der Waals surface area contributed by atoms with Gasteiger partial charge in [0.15, 0.2) is 0 Å². The maximum Gasteiger partial charge on any atom is 0.226 e. The molecule has 0 saturated carbocycles. The maximum atomic E-state index is 12.2. The third-order valence-corrected chi connectivity index (χ3v) is 4.07. The fourth-order valence-corrected chi connectivity index (χ4v) is 2.94. The summed E-state index contributed by atoms with van der Waals surface area (Å²) < 4.78 is 10.4. The van der Waals surface area contributed by atoms with E-state index in [9.17, 15) is 4.79 Å². The Bertz CT molecular complexity index is 739. The van der Waals surface area contributed by atoms with E-state index in [2.05, 4.69) is 16.7 Å². The van der Waals surface area contributed by atoms with Gasteiger partial charge in [-0.05, 0) is 43.2 Å². The molecule has 0 fully saturated rings. The first kappa shape index (κ1) is 18.9. The van der Waals surface area contributed by atoms with Gasteiger partial charge in [0.2, 0.25) is 5.91 Å². The maximum absolute atomic E-state index is 12.2. The highest BCUT2D eigenvalue weighted by atomic mass is 35.5. The Labute approximate surface area is 153 Å². The second-order valence-corrected chi connectivity index (χ2v) is 6.14. The molecule has 2 aromatic rings.